The van der Waals surface area contributed by atoms with E-state index in [4.69, 9.17) is 10.8 Å². The summed E-state index contributed by atoms with van der Waals surface area (Å²) in [7, 11) is 0. The topological polar surface area (TPSA) is 132 Å². The number of fused-ring (bicyclic) bond motifs is 1. The van der Waals surface area contributed by atoms with Gasteiger partial charge in [0.2, 0.25) is 5.91 Å². The van der Waals surface area contributed by atoms with Crippen LogP contribution < -0.4 is 11.1 Å². The number of nitrogen functional groups attached to an aromatic ring is 1. The highest BCUT2D eigenvalue weighted by atomic mass is 32.1. The van der Waals surface area contributed by atoms with E-state index in [0.29, 0.717) is 46.3 Å². The molecule has 1 saturated heterocycles. The minimum absolute atomic E-state index is 0.0613. The maximum absolute atomic E-state index is 12.7. The molecule has 0 unspecified atom stereocenters. The molecule has 0 aliphatic carbocycles. The first-order valence-corrected chi connectivity index (χ1v) is 11.6. The number of thiophene rings is 1. The van der Waals surface area contributed by atoms with Crippen molar-refractivity contribution in [3.63, 3.8) is 0 Å². The van der Waals surface area contributed by atoms with Gasteiger partial charge in [0.05, 0.1) is 16.3 Å². The van der Waals surface area contributed by atoms with Crippen LogP contribution >= 0.6 is 11.3 Å². The van der Waals surface area contributed by atoms with Crippen molar-refractivity contribution in [1.29, 1.82) is 0 Å². The lowest BCUT2D eigenvalue weighted by molar-refractivity contribution is -0.127. The molecule has 172 valence electrons. The molecule has 5 heterocycles. The highest BCUT2D eigenvalue weighted by molar-refractivity contribution is 7.12. The van der Waals surface area contributed by atoms with Gasteiger partial charge >= 0.3 is 0 Å². The van der Waals surface area contributed by atoms with E-state index in [1.165, 1.54) is 23.7 Å². The number of likely N-dealkylation sites (tertiary alicyclic amines) is 1. The minimum atomic E-state index is -0.256. The summed E-state index contributed by atoms with van der Waals surface area (Å²) in [6.45, 7) is 4.79. The molecule has 0 saturated carbocycles. The van der Waals surface area contributed by atoms with Crippen molar-refractivity contribution in [3.05, 3.63) is 59.7 Å². The number of carbonyl (C=O) groups excluding carboxylic acids is 2. The van der Waals surface area contributed by atoms with Crippen LogP contribution in [0.15, 0.2) is 54.8 Å². The summed E-state index contributed by atoms with van der Waals surface area (Å²) >= 11 is 1.30. The second-order valence-corrected chi connectivity index (χ2v) is 8.82. The fourth-order valence-corrected chi connectivity index (χ4v) is 4.92. The summed E-state index contributed by atoms with van der Waals surface area (Å²) < 4.78 is 1.83. The molecule has 0 bridgehead atoms. The van der Waals surface area contributed by atoms with Gasteiger partial charge in [-0.15, -0.1) is 11.3 Å². The molecule has 3 N–H and O–H groups in total. The van der Waals surface area contributed by atoms with Gasteiger partial charge in [-0.1, -0.05) is 12.6 Å². The molecule has 0 radical (unpaired) electrons. The number of rotatable bonds is 5. The Balaban J connectivity index is 1.50. The molecule has 4 aromatic rings. The van der Waals surface area contributed by atoms with E-state index in [0.717, 1.165) is 18.4 Å². The van der Waals surface area contributed by atoms with Gasteiger partial charge in [0, 0.05) is 30.2 Å². The van der Waals surface area contributed by atoms with Gasteiger partial charge in [0.15, 0.2) is 5.65 Å². The Hall–Kier alpha value is -4.12. The molecule has 5 rings (SSSR count). The molecule has 1 aliphatic heterocycles. The van der Waals surface area contributed by atoms with E-state index >= 15 is 0 Å². The molecule has 2 amide bonds. The molecule has 0 aromatic carbocycles. The SMILES string of the molecule is C=CC(=O)N1CCC[C@@H](n2nc(-c3csc(C(=O)Nc4ccccn4)c3)c3c(N)ncnc32)C1. The van der Waals surface area contributed by atoms with Crippen molar-refractivity contribution < 1.29 is 9.59 Å². The zero-order valence-electron chi connectivity index (χ0n) is 18.2. The third kappa shape index (κ3) is 4.01. The smallest absolute Gasteiger partial charge is 0.266 e. The number of amides is 2. The zero-order chi connectivity index (χ0) is 23.7. The Morgan fingerprint density at radius 1 is 1.26 bits per heavy atom. The van der Waals surface area contributed by atoms with Crippen molar-refractivity contribution in [3.8, 4) is 11.3 Å². The number of hydrogen-bond donors (Lipinski definition) is 2. The highest BCUT2D eigenvalue weighted by Gasteiger charge is 2.28. The Morgan fingerprint density at radius 2 is 2.15 bits per heavy atom. The van der Waals surface area contributed by atoms with Crippen LogP contribution in [0.2, 0.25) is 0 Å². The minimum Gasteiger partial charge on any atom is -0.383 e. The van der Waals surface area contributed by atoms with E-state index in [9.17, 15) is 9.59 Å². The Morgan fingerprint density at radius 3 is 2.94 bits per heavy atom. The number of carbonyl (C=O) groups is 2. The van der Waals surface area contributed by atoms with Crippen LogP contribution in [0.4, 0.5) is 11.6 Å². The molecule has 4 aromatic heterocycles. The molecule has 11 heteroatoms. The monoisotopic (exact) mass is 474 g/mol. The lowest BCUT2D eigenvalue weighted by atomic mass is 10.1. The first kappa shape index (κ1) is 21.7. The number of pyridine rings is 1. The van der Waals surface area contributed by atoms with Crippen molar-refractivity contribution in [2.45, 2.75) is 18.9 Å². The summed E-state index contributed by atoms with van der Waals surface area (Å²) in [6, 6.07) is 7.03. The third-order valence-electron chi connectivity index (χ3n) is 5.75. The maximum atomic E-state index is 12.7. The molecule has 1 atom stereocenters. The normalized spacial score (nSPS) is 15.9. The molecule has 10 nitrogen and oxygen atoms in total. The number of anilines is 2. The van der Waals surface area contributed by atoms with E-state index in [-0.39, 0.29) is 17.9 Å². The van der Waals surface area contributed by atoms with E-state index in [2.05, 4.69) is 26.8 Å². The molecule has 1 aliphatic rings. The lowest BCUT2D eigenvalue weighted by Crippen LogP contribution is -2.40. The largest absolute Gasteiger partial charge is 0.383 e. The van der Waals surface area contributed by atoms with Gasteiger partial charge in [-0.05, 0) is 37.1 Å². The molecule has 34 heavy (non-hydrogen) atoms. The number of nitrogens with two attached hydrogens (primary N) is 1. The van der Waals surface area contributed by atoms with Crippen LogP contribution in [-0.4, -0.2) is 54.5 Å². The summed E-state index contributed by atoms with van der Waals surface area (Å²) in [4.78, 5) is 39.9. The predicted octanol–water partition coefficient (Wildman–Crippen LogP) is 3.13. The van der Waals surface area contributed by atoms with Gasteiger partial charge in [-0.3, -0.25) is 9.59 Å². The molecule has 1 fully saturated rings. The third-order valence-corrected chi connectivity index (χ3v) is 6.68. The van der Waals surface area contributed by atoms with E-state index in [1.54, 1.807) is 35.4 Å². The Kier molecular flexibility index (Phi) is 5.76. The van der Waals surface area contributed by atoms with Crippen LogP contribution in [0.3, 0.4) is 0 Å². The first-order valence-electron chi connectivity index (χ1n) is 10.8. The van der Waals surface area contributed by atoms with Gasteiger partial charge < -0.3 is 16.0 Å². The van der Waals surface area contributed by atoms with E-state index < -0.39 is 0 Å². The van der Waals surface area contributed by atoms with E-state index in [1.807, 2.05) is 10.1 Å². The number of piperidine rings is 1. The predicted molar refractivity (Wildman–Crippen MR) is 130 cm³/mol. The fraction of sp³-hybridized carbons (Fsp3) is 0.217. The lowest BCUT2D eigenvalue weighted by Gasteiger charge is -2.32. The zero-order valence-corrected chi connectivity index (χ0v) is 19.0. The second-order valence-electron chi connectivity index (χ2n) is 7.90. The number of nitrogens with one attached hydrogen (secondary N) is 1. The fourth-order valence-electron chi connectivity index (χ4n) is 4.13. The molecular formula is C23H22N8O2S. The Labute approximate surface area is 199 Å². The maximum Gasteiger partial charge on any atom is 0.266 e. The van der Waals surface area contributed by atoms with Crippen molar-refractivity contribution in [1.82, 2.24) is 29.6 Å². The van der Waals surface area contributed by atoms with Crippen LogP contribution in [-0.2, 0) is 4.79 Å². The number of hydrogen-bond acceptors (Lipinski definition) is 8. The summed E-state index contributed by atoms with van der Waals surface area (Å²) in [5.74, 6) is 0.434. The average Bonchev–Trinajstić information content (AvgIpc) is 3.50. The molecule has 0 spiro atoms. The summed E-state index contributed by atoms with van der Waals surface area (Å²) in [6.07, 6.45) is 6.05. The van der Waals surface area contributed by atoms with Gasteiger partial charge in [-0.2, -0.15) is 5.10 Å². The summed E-state index contributed by atoms with van der Waals surface area (Å²) in [5, 5.41) is 10.1. The summed E-state index contributed by atoms with van der Waals surface area (Å²) in [5.41, 5.74) is 8.19. The van der Waals surface area contributed by atoms with Crippen molar-refractivity contribution >= 4 is 45.8 Å². The molecular weight excluding hydrogens is 452 g/mol. The van der Waals surface area contributed by atoms with Crippen LogP contribution in [0.5, 0.6) is 0 Å². The average molecular weight is 475 g/mol. The van der Waals surface area contributed by atoms with Gasteiger partial charge in [-0.25, -0.2) is 19.6 Å². The van der Waals surface area contributed by atoms with Crippen LogP contribution in [0.1, 0.15) is 28.6 Å². The van der Waals surface area contributed by atoms with Gasteiger partial charge in [0.1, 0.15) is 23.7 Å². The number of nitrogens with zero attached hydrogens (tertiary/aromatic N) is 6. The van der Waals surface area contributed by atoms with Crippen molar-refractivity contribution in [2.24, 2.45) is 0 Å². The van der Waals surface area contributed by atoms with Crippen LogP contribution in [0, 0.1) is 0 Å². The number of aromatic nitrogens is 5. The standard InChI is InChI=1S/C23H22N8O2S/c1-2-18(32)30-9-5-6-15(11-30)31-22-19(21(24)26-13-27-22)20(29-31)14-10-16(34-12-14)23(33)28-17-7-3-4-8-25-17/h2-4,7-8,10,12-13,15H,1,5-6,9,11H2,(H2,24,26,27)(H,25,28,33)/t15-/m1/s1. The Bertz CT molecular complexity index is 1380. The highest BCUT2D eigenvalue weighted by Crippen LogP contribution is 2.35. The van der Waals surface area contributed by atoms with Crippen LogP contribution in [0.25, 0.3) is 22.3 Å². The van der Waals surface area contributed by atoms with Gasteiger partial charge in [0.25, 0.3) is 5.91 Å². The second kappa shape index (κ2) is 9.02. The quantitative estimate of drug-likeness (QED) is 0.425. The first-order chi connectivity index (χ1) is 16.5. The van der Waals surface area contributed by atoms with Crippen molar-refractivity contribution in [2.75, 3.05) is 24.1 Å².